The third-order valence-electron chi connectivity index (χ3n) is 2.69. The van der Waals surface area contributed by atoms with Crippen LogP contribution in [0.4, 0.5) is 5.69 Å². The second-order valence-corrected chi connectivity index (χ2v) is 5.36. The molecule has 0 amide bonds. The van der Waals surface area contributed by atoms with Gasteiger partial charge in [-0.15, -0.1) is 0 Å². The van der Waals surface area contributed by atoms with Crippen LogP contribution in [0.25, 0.3) is 0 Å². The number of rotatable bonds is 3. The lowest BCUT2D eigenvalue weighted by atomic mass is 9.87. The molecule has 1 fully saturated rings. The average molecular weight is 236 g/mol. The van der Waals surface area contributed by atoms with Crippen LogP contribution in [0, 0.1) is 10.1 Å². The smallest absolute Gasteiger partial charge is 0.317 e. The van der Waals surface area contributed by atoms with Gasteiger partial charge in [0.25, 0.3) is 0 Å². The van der Waals surface area contributed by atoms with Gasteiger partial charge >= 0.3 is 5.69 Å². The molecule has 17 heavy (non-hydrogen) atoms. The topological polar surface area (TPSA) is 65.3 Å². The molecule has 0 aliphatic heterocycles. The van der Waals surface area contributed by atoms with E-state index in [1.807, 2.05) is 20.8 Å². The molecule has 0 aromatic carbocycles. The van der Waals surface area contributed by atoms with Gasteiger partial charge in [-0.2, -0.15) is 0 Å². The van der Waals surface area contributed by atoms with Gasteiger partial charge in [0, 0.05) is 6.20 Å². The number of aromatic nitrogens is 1. The summed E-state index contributed by atoms with van der Waals surface area (Å²) >= 11 is 0. The van der Waals surface area contributed by atoms with E-state index in [9.17, 15) is 10.1 Å². The summed E-state index contributed by atoms with van der Waals surface area (Å²) in [4.78, 5) is 14.9. The Morgan fingerprint density at radius 1 is 1.41 bits per heavy atom. The van der Waals surface area contributed by atoms with Crippen LogP contribution in [0.1, 0.15) is 39.2 Å². The molecule has 1 aromatic rings. The molecule has 1 aliphatic rings. The second kappa shape index (κ2) is 3.98. The minimum atomic E-state index is -0.375. The number of ether oxygens (including phenoxy) is 1. The van der Waals surface area contributed by atoms with Crippen LogP contribution in [-0.2, 0) is 5.41 Å². The highest BCUT2D eigenvalue weighted by Gasteiger charge is 2.32. The lowest BCUT2D eigenvalue weighted by Crippen LogP contribution is -2.15. The van der Waals surface area contributed by atoms with Crippen molar-refractivity contribution < 1.29 is 9.66 Å². The predicted molar refractivity (Wildman–Crippen MR) is 63.2 cm³/mol. The van der Waals surface area contributed by atoms with Crippen molar-refractivity contribution in [3.63, 3.8) is 0 Å². The minimum absolute atomic E-state index is 0.0550. The first-order valence-electron chi connectivity index (χ1n) is 5.69. The molecule has 1 aliphatic carbocycles. The standard InChI is InChI=1S/C12H16N2O3/c1-12(2,3)9-6-13-7-10(11(9)14(15)16)17-8-4-5-8/h6-8H,4-5H2,1-3H3. The molecule has 0 spiro atoms. The number of pyridine rings is 1. The van der Waals surface area contributed by atoms with Crippen LogP contribution in [0.5, 0.6) is 5.75 Å². The van der Waals surface area contributed by atoms with Gasteiger partial charge in [-0.1, -0.05) is 20.8 Å². The maximum absolute atomic E-state index is 11.2. The maximum Gasteiger partial charge on any atom is 0.317 e. The normalized spacial score (nSPS) is 15.7. The molecule has 5 heteroatoms. The summed E-state index contributed by atoms with van der Waals surface area (Å²) < 4.78 is 5.55. The minimum Gasteiger partial charge on any atom is -0.482 e. The largest absolute Gasteiger partial charge is 0.482 e. The number of hydrogen-bond donors (Lipinski definition) is 0. The van der Waals surface area contributed by atoms with E-state index >= 15 is 0 Å². The van der Waals surface area contributed by atoms with E-state index in [1.54, 1.807) is 6.20 Å². The number of nitrogens with zero attached hydrogens (tertiary/aromatic N) is 2. The van der Waals surface area contributed by atoms with Crippen LogP contribution in [0.2, 0.25) is 0 Å². The fourth-order valence-electron chi connectivity index (χ4n) is 1.62. The van der Waals surface area contributed by atoms with E-state index in [-0.39, 0.29) is 22.1 Å². The van der Waals surface area contributed by atoms with Crippen molar-refractivity contribution in [2.45, 2.75) is 45.1 Å². The summed E-state index contributed by atoms with van der Waals surface area (Å²) in [6, 6.07) is 0. The van der Waals surface area contributed by atoms with Crippen LogP contribution in [0.15, 0.2) is 12.4 Å². The molecule has 1 saturated carbocycles. The Kier molecular flexibility index (Phi) is 2.77. The molecule has 1 heterocycles. The average Bonchev–Trinajstić information content (AvgIpc) is 2.99. The highest BCUT2D eigenvalue weighted by atomic mass is 16.6. The van der Waals surface area contributed by atoms with Gasteiger partial charge in [-0.05, 0) is 18.3 Å². The SMILES string of the molecule is CC(C)(C)c1cncc(OC2CC2)c1[N+](=O)[O-]. The molecular formula is C12H16N2O3. The van der Waals surface area contributed by atoms with Crippen LogP contribution in [-0.4, -0.2) is 16.0 Å². The molecular weight excluding hydrogens is 220 g/mol. The van der Waals surface area contributed by atoms with Crippen molar-refractivity contribution in [1.29, 1.82) is 0 Å². The van der Waals surface area contributed by atoms with E-state index in [1.165, 1.54) is 6.20 Å². The molecule has 0 radical (unpaired) electrons. The van der Waals surface area contributed by atoms with Crippen molar-refractivity contribution >= 4 is 5.69 Å². The van der Waals surface area contributed by atoms with Gasteiger partial charge < -0.3 is 4.74 Å². The summed E-state index contributed by atoms with van der Waals surface area (Å²) in [5.41, 5.74) is 0.346. The fourth-order valence-corrected chi connectivity index (χ4v) is 1.62. The van der Waals surface area contributed by atoms with Crippen molar-refractivity contribution in [3.05, 3.63) is 28.1 Å². The zero-order chi connectivity index (χ0) is 12.6. The Bertz CT molecular complexity index is 448. The first kappa shape index (κ1) is 11.8. The van der Waals surface area contributed by atoms with E-state index in [2.05, 4.69) is 4.98 Å². The van der Waals surface area contributed by atoms with Crippen LogP contribution < -0.4 is 4.74 Å². The number of hydrogen-bond acceptors (Lipinski definition) is 4. The highest BCUT2D eigenvalue weighted by Crippen LogP contribution is 2.39. The zero-order valence-corrected chi connectivity index (χ0v) is 10.3. The van der Waals surface area contributed by atoms with Gasteiger partial charge in [-0.25, -0.2) is 0 Å². The highest BCUT2D eigenvalue weighted by molar-refractivity contribution is 5.53. The summed E-state index contributed by atoms with van der Waals surface area (Å²) in [5, 5.41) is 11.2. The monoisotopic (exact) mass is 236 g/mol. The van der Waals surface area contributed by atoms with Gasteiger partial charge in [0.15, 0.2) is 0 Å². The summed E-state index contributed by atoms with van der Waals surface area (Å²) in [7, 11) is 0. The number of nitro groups is 1. The Morgan fingerprint density at radius 2 is 2.06 bits per heavy atom. The molecule has 0 bridgehead atoms. The molecule has 0 N–H and O–H groups in total. The van der Waals surface area contributed by atoms with Crippen molar-refractivity contribution in [2.24, 2.45) is 0 Å². The van der Waals surface area contributed by atoms with Gasteiger partial charge in [0.2, 0.25) is 5.75 Å². The van der Waals surface area contributed by atoms with E-state index in [4.69, 9.17) is 4.74 Å². The molecule has 92 valence electrons. The van der Waals surface area contributed by atoms with Crippen molar-refractivity contribution in [3.8, 4) is 5.75 Å². The molecule has 2 rings (SSSR count). The van der Waals surface area contributed by atoms with Crippen molar-refractivity contribution in [2.75, 3.05) is 0 Å². The Labute approximate surface area is 100.0 Å². The quantitative estimate of drug-likeness (QED) is 0.598. The van der Waals surface area contributed by atoms with Crippen LogP contribution >= 0.6 is 0 Å². The Hall–Kier alpha value is -1.65. The molecule has 1 aromatic heterocycles. The fraction of sp³-hybridized carbons (Fsp3) is 0.583. The zero-order valence-electron chi connectivity index (χ0n) is 10.3. The Balaban J connectivity index is 2.47. The van der Waals surface area contributed by atoms with Gasteiger partial charge in [-0.3, -0.25) is 15.1 Å². The third kappa shape index (κ3) is 2.54. The summed E-state index contributed by atoms with van der Waals surface area (Å²) in [6.45, 7) is 5.79. The molecule has 0 unspecified atom stereocenters. The lowest BCUT2D eigenvalue weighted by molar-refractivity contribution is -0.387. The lowest BCUT2D eigenvalue weighted by Gasteiger charge is -2.19. The van der Waals surface area contributed by atoms with Crippen LogP contribution in [0.3, 0.4) is 0 Å². The van der Waals surface area contributed by atoms with E-state index in [0.29, 0.717) is 11.3 Å². The first-order chi connectivity index (χ1) is 7.89. The summed E-state index contributed by atoms with van der Waals surface area (Å²) in [5.74, 6) is 0.296. The summed E-state index contributed by atoms with van der Waals surface area (Å²) in [6.07, 6.45) is 5.06. The molecule has 0 saturated heterocycles. The van der Waals surface area contributed by atoms with E-state index in [0.717, 1.165) is 12.8 Å². The predicted octanol–water partition coefficient (Wildman–Crippen LogP) is 2.83. The van der Waals surface area contributed by atoms with E-state index < -0.39 is 0 Å². The van der Waals surface area contributed by atoms with Gasteiger partial charge in [0.05, 0.1) is 22.8 Å². The Morgan fingerprint density at radius 3 is 2.53 bits per heavy atom. The maximum atomic E-state index is 11.2. The first-order valence-corrected chi connectivity index (χ1v) is 5.69. The third-order valence-corrected chi connectivity index (χ3v) is 2.69. The molecule has 0 atom stereocenters. The molecule has 5 nitrogen and oxygen atoms in total. The van der Waals surface area contributed by atoms with Crippen molar-refractivity contribution in [1.82, 2.24) is 4.98 Å². The van der Waals surface area contributed by atoms with Gasteiger partial charge in [0.1, 0.15) is 0 Å². The second-order valence-electron chi connectivity index (χ2n) is 5.36.